The lowest BCUT2D eigenvalue weighted by Gasteiger charge is -2.32. The lowest BCUT2D eigenvalue weighted by molar-refractivity contribution is 0.0142. The normalized spacial score (nSPS) is 18.4. The van der Waals surface area contributed by atoms with E-state index in [-0.39, 0.29) is 12.1 Å². The summed E-state index contributed by atoms with van der Waals surface area (Å²) in [4.78, 5) is 21.9. The molecule has 1 aromatic rings. The number of amides is 1. The van der Waals surface area contributed by atoms with Crippen LogP contribution >= 0.6 is 15.9 Å². The molecule has 0 aromatic carbocycles. The van der Waals surface area contributed by atoms with Crippen molar-refractivity contribution >= 4 is 27.7 Å². The SMILES string of the molecule is CC(C)(C)OC(=O)N(Cc1nc(Br)ccc1N1CCCC1)C1CCCC1. The van der Waals surface area contributed by atoms with Gasteiger partial charge in [-0.15, -0.1) is 0 Å². The van der Waals surface area contributed by atoms with Crippen molar-refractivity contribution in [3.63, 3.8) is 0 Å². The van der Waals surface area contributed by atoms with Crippen LogP contribution in [0.25, 0.3) is 0 Å². The summed E-state index contributed by atoms with van der Waals surface area (Å²) < 4.78 is 6.53. The van der Waals surface area contributed by atoms with E-state index >= 15 is 0 Å². The second-order valence-corrected chi connectivity index (χ2v) is 9.15. The molecule has 1 aliphatic heterocycles. The van der Waals surface area contributed by atoms with E-state index in [1.807, 2.05) is 31.7 Å². The van der Waals surface area contributed by atoms with E-state index in [2.05, 4.69) is 26.9 Å². The first-order chi connectivity index (χ1) is 12.3. The van der Waals surface area contributed by atoms with Crippen LogP contribution in [0, 0.1) is 0 Å². The summed E-state index contributed by atoms with van der Waals surface area (Å²) in [7, 11) is 0. The molecule has 1 aromatic heterocycles. The predicted molar refractivity (Wildman–Crippen MR) is 107 cm³/mol. The molecule has 0 atom stereocenters. The molecular weight excluding hydrogens is 394 g/mol. The van der Waals surface area contributed by atoms with Crippen molar-refractivity contribution in [1.82, 2.24) is 9.88 Å². The zero-order valence-electron chi connectivity index (χ0n) is 16.1. The van der Waals surface area contributed by atoms with Gasteiger partial charge in [0.05, 0.1) is 17.9 Å². The van der Waals surface area contributed by atoms with Crippen molar-refractivity contribution in [2.45, 2.75) is 77.5 Å². The summed E-state index contributed by atoms with van der Waals surface area (Å²) in [5.74, 6) is 0. The van der Waals surface area contributed by atoms with E-state index < -0.39 is 5.60 Å². The molecule has 0 spiro atoms. The highest BCUT2D eigenvalue weighted by molar-refractivity contribution is 9.10. The Labute approximate surface area is 165 Å². The van der Waals surface area contributed by atoms with Crippen LogP contribution in [0.5, 0.6) is 0 Å². The Balaban J connectivity index is 1.86. The van der Waals surface area contributed by atoms with Crippen LogP contribution in [0.15, 0.2) is 16.7 Å². The highest BCUT2D eigenvalue weighted by atomic mass is 79.9. The van der Waals surface area contributed by atoms with Crippen LogP contribution in [-0.2, 0) is 11.3 Å². The van der Waals surface area contributed by atoms with Crippen LogP contribution in [-0.4, -0.2) is 40.7 Å². The second kappa shape index (κ2) is 8.15. The second-order valence-electron chi connectivity index (χ2n) is 8.34. The fourth-order valence-electron chi connectivity index (χ4n) is 3.87. The van der Waals surface area contributed by atoms with Crippen molar-refractivity contribution in [2.24, 2.45) is 0 Å². The van der Waals surface area contributed by atoms with Crippen LogP contribution < -0.4 is 4.90 Å². The Kier molecular flexibility index (Phi) is 6.10. The number of carbonyl (C=O) groups excluding carboxylic acids is 1. The van der Waals surface area contributed by atoms with Crippen LogP contribution in [0.4, 0.5) is 10.5 Å². The third kappa shape index (κ3) is 4.90. The zero-order valence-corrected chi connectivity index (χ0v) is 17.7. The molecule has 0 radical (unpaired) electrons. The number of hydrogen-bond donors (Lipinski definition) is 0. The smallest absolute Gasteiger partial charge is 0.410 e. The molecule has 0 bridgehead atoms. The van der Waals surface area contributed by atoms with Gasteiger partial charge in [0.15, 0.2) is 0 Å². The Morgan fingerprint density at radius 3 is 2.50 bits per heavy atom. The van der Waals surface area contributed by atoms with Gasteiger partial charge in [-0.1, -0.05) is 12.8 Å². The molecule has 0 N–H and O–H groups in total. The molecule has 2 heterocycles. The molecule has 1 amide bonds. The van der Waals surface area contributed by atoms with Gasteiger partial charge in [0, 0.05) is 19.1 Å². The van der Waals surface area contributed by atoms with E-state index in [1.54, 1.807) is 0 Å². The number of aromatic nitrogens is 1. The standard InChI is InChI=1S/C20H30BrN3O2/c1-20(2,3)26-19(25)24(15-8-4-5-9-15)14-16-17(10-11-18(21)22-16)23-12-6-7-13-23/h10-11,15H,4-9,12-14H2,1-3H3. The molecule has 1 aliphatic carbocycles. The molecule has 26 heavy (non-hydrogen) atoms. The third-order valence-corrected chi connectivity index (χ3v) is 5.52. The van der Waals surface area contributed by atoms with Crippen LogP contribution in [0.2, 0.25) is 0 Å². The van der Waals surface area contributed by atoms with Crippen LogP contribution in [0.1, 0.15) is 65.0 Å². The molecule has 0 unspecified atom stereocenters. The average molecular weight is 424 g/mol. The Hall–Kier alpha value is -1.30. The van der Waals surface area contributed by atoms with Gasteiger partial charge < -0.3 is 9.64 Å². The van der Waals surface area contributed by atoms with E-state index in [4.69, 9.17) is 9.72 Å². The number of carbonyl (C=O) groups is 1. The van der Waals surface area contributed by atoms with Gasteiger partial charge in [0.1, 0.15) is 10.2 Å². The lowest BCUT2D eigenvalue weighted by atomic mass is 10.1. The summed E-state index contributed by atoms with van der Waals surface area (Å²) in [6.45, 7) is 8.39. The molecule has 2 fully saturated rings. The van der Waals surface area contributed by atoms with Crippen molar-refractivity contribution in [2.75, 3.05) is 18.0 Å². The van der Waals surface area contributed by atoms with Crippen molar-refractivity contribution in [1.29, 1.82) is 0 Å². The van der Waals surface area contributed by atoms with Crippen LogP contribution in [0.3, 0.4) is 0 Å². The summed E-state index contributed by atoms with van der Waals surface area (Å²) in [6, 6.07) is 4.36. The minimum Gasteiger partial charge on any atom is -0.444 e. The average Bonchev–Trinajstić information content (AvgIpc) is 3.24. The van der Waals surface area contributed by atoms with Gasteiger partial charge in [-0.05, 0) is 74.5 Å². The molecule has 3 rings (SSSR count). The maximum absolute atomic E-state index is 12.9. The first-order valence-corrected chi connectivity index (χ1v) is 10.5. The lowest BCUT2D eigenvalue weighted by Crippen LogP contribution is -2.42. The van der Waals surface area contributed by atoms with Crippen molar-refractivity contribution in [3.8, 4) is 0 Å². The molecule has 2 aliphatic rings. The summed E-state index contributed by atoms with van der Waals surface area (Å²) >= 11 is 3.50. The number of pyridine rings is 1. The number of nitrogens with zero attached hydrogens (tertiary/aromatic N) is 3. The summed E-state index contributed by atoms with van der Waals surface area (Å²) in [5, 5.41) is 0. The number of anilines is 1. The number of ether oxygens (including phenoxy) is 1. The van der Waals surface area contributed by atoms with Gasteiger partial charge in [0.2, 0.25) is 0 Å². The van der Waals surface area contributed by atoms with E-state index in [0.29, 0.717) is 6.54 Å². The minimum atomic E-state index is -0.490. The monoisotopic (exact) mass is 423 g/mol. The molecule has 1 saturated carbocycles. The molecule has 6 heteroatoms. The first kappa shape index (κ1) is 19.5. The minimum absolute atomic E-state index is 0.224. The van der Waals surface area contributed by atoms with E-state index in [1.165, 1.54) is 25.7 Å². The Morgan fingerprint density at radius 2 is 1.88 bits per heavy atom. The van der Waals surface area contributed by atoms with Gasteiger partial charge in [-0.3, -0.25) is 4.90 Å². The summed E-state index contributed by atoms with van der Waals surface area (Å²) in [6.07, 6.45) is 6.66. The maximum atomic E-state index is 12.9. The van der Waals surface area contributed by atoms with Gasteiger partial charge >= 0.3 is 6.09 Å². The summed E-state index contributed by atoms with van der Waals surface area (Å²) in [5.41, 5.74) is 1.62. The topological polar surface area (TPSA) is 45.7 Å². The van der Waals surface area contributed by atoms with Crippen molar-refractivity contribution in [3.05, 3.63) is 22.4 Å². The number of hydrogen-bond acceptors (Lipinski definition) is 4. The molecular formula is C20H30BrN3O2. The Morgan fingerprint density at radius 1 is 1.23 bits per heavy atom. The van der Waals surface area contributed by atoms with Gasteiger partial charge in [0.25, 0.3) is 0 Å². The third-order valence-electron chi connectivity index (χ3n) is 5.08. The highest BCUT2D eigenvalue weighted by Crippen LogP contribution is 2.30. The molecule has 1 saturated heterocycles. The fraction of sp³-hybridized carbons (Fsp3) is 0.700. The van der Waals surface area contributed by atoms with E-state index in [9.17, 15) is 4.79 Å². The molecule has 144 valence electrons. The zero-order chi connectivity index (χ0) is 18.7. The fourth-order valence-corrected chi connectivity index (χ4v) is 4.22. The van der Waals surface area contributed by atoms with Crippen molar-refractivity contribution < 1.29 is 9.53 Å². The molecule has 5 nitrogen and oxygen atoms in total. The van der Waals surface area contributed by atoms with E-state index in [0.717, 1.165) is 41.9 Å². The predicted octanol–water partition coefficient (Wildman–Crippen LogP) is 5.12. The van der Waals surface area contributed by atoms with Gasteiger partial charge in [-0.25, -0.2) is 9.78 Å². The van der Waals surface area contributed by atoms with Gasteiger partial charge in [-0.2, -0.15) is 0 Å². The Bertz CT molecular complexity index is 632. The number of halogens is 1. The maximum Gasteiger partial charge on any atom is 0.410 e. The largest absolute Gasteiger partial charge is 0.444 e. The highest BCUT2D eigenvalue weighted by Gasteiger charge is 2.32. The number of rotatable bonds is 4. The first-order valence-electron chi connectivity index (χ1n) is 9.73. The quantitative estimate of drug-likeness (QED) is 0.629.